The number of halogens is 1. The topological polar surface area (TPSA) is 50.6 Å². The standard InChI is InChI=1S/C30H23ClN4O/c1-36-24-17-13-21(14-18-24)28-19-27(20-7-3-2-4-8-20)34-35(28)30-32-26-10-6-5-9-25(26)29(33-30)22-11-15-23(31)16-12-22/h2-18,28H,19H2,1H3. The molecule has 0 bridgehead atoms. The molecule has 6 heteroatoms. The van der Waals surface area contributed by atoms with Gasteiger partial charge in [0.15, 0.2) is 0 Å². The number of aromatic nitrogens is 2. The maximum Gasteiger partial charge on any atom is 0.247 e. The Morgan fingerprint density at radius 1 is 0.778 bits per heavy atom. The molecule has 0 aliphatic carbocycles. The second-order valence-corrected chi connectivity index (χ2v) is 9.08. The number of nitrogens with zero attached hydrogens (tertiary/aromatic N) is 4. The number of anilines is 1. The molecule has 5 aromatic rings. The van der Waals surface area contributed by atoms with Crippen LogP contribution in [-0.4, -0.2) is 22.8 Å². The van der Waals surface area contributed by atoms with Crippen LogP contribution in [0.3, 0.4) is 0 Å². The smallest absolute Gasteiger partial charge is 0.247 e. The summed E-state index contributed by atoms with van der Waals surface area (Å²) < 4.78 is 5.38. The van der Waals surface area contributed by atoms with Gasteiger partial charge in [0, 0.05) is 22.4 Å². The molecule has 1 aromatic heterocycles. The molecule has 0 amide bonds. The third-order valence-electron chi connectivity index (χ3n) is 6.43. The molecule has 0 spiro atoms. The molecule has 1 aliphatic heterocycles. The number of hydrogen-bond donors (Lipinski definition) is 0. The average molecular weight is 491 g/mol. The van der Waals surface area contributed by atoms with Gasteiger partial charge >= 0.3 is 0 Å². The predicted molar refractivity (Wildman–Crippen MR) is 146 cm³/mol. The lowest BCUT2D eigenvalue weighted by molar-refractivity contribution is 0.414. The first kappa shape index (κ1) is 22.3. The first-order chi connectivity index (χ1) is 17.7. The fourth-order valence-corrected chi connectivity index (χ4v) is 4.71. The Morgan fingerprint density at radius 2 is 1.50 bits per heavy atom. The van der Waals surface area contributed by atoms with Crippen LogP contribution in [0.15, 0.2) is 108 Å². The van der Waals surface area contributed by atoms with Crippen LogP contribution in [0, 0.1) is 0 Å². The molecule has 176 valence electrons. The molecule has 1 atom stereocenters. The third kappa shape index (κ3) is 4.18. The van der Waals surface area contributed by atoms with Gasteiger partial charge in [-0.15, -0.1) is 0 Å². The molecule has 1 unspecified atom stereocenters. The number of fused-ring (bicyclic) bond motifs is 1. The van der Waals surface area contributed by atoms with E-state index in [1.54, 1.807) is 7.11 Å². The second-order valence-electron chi connectivity index (χ2n) is 8.65. The number of ether oxygens (including phenoxy) is 1. The van der Waals surface area contributed by atoms with Gasteiger partial charge in [0.25, 0.3) is 0 Å². The third-order valence-corrected chi connectivity index (χ3v) is 6.68. The predicted octanol–water partition coefficient (Wildman–Crippen LogP) is 7.31. The number of benzene rings is 4. The Labute approximate surface area is 214 Å². The van der Waals surface area contributed by atoms with E-state index in [2.05, 4.69) is 24.3 Å². The minimum atomic E-state index is -0.0506. The van der Waals surface area contributed by atoms with Crippen molar-refractivity contribution < 1.29 is 4.74 Å². The van der Waals surface area contributed by atoms with E-state index in [9.17, 15) is 0 Å². The SMILES string of the molecule is COc1ccc(C2CC(c3ccccc3)=NN2c2nc(-c3ccc(Cl)cc3)c3ccccc3n2)cc1. The Hall–Kier alpha value is -4.22. The average Bonchev–Trinajstić information content (AvgIpc) is 3.39. The van der Waals surface area contributed by atoms with Gasteiger partial charge in [-0.3, -0.25) is 0 Å². The van der Waals surface area contributed by atoms with Crippen molar-refractivity contribution in [3.05, 3.63) is 119 Å². The van der Waals surface area contributed by atoms with E-state index in [1.807, 2.05) is 83.9 Å². The molecule has 0 radical (unpaired) electrons. The quantitative estimate of drug-likeness (QED) is 0.259. The maximum atomic E-state index is 6.17. The fraction of sp³-hybridized carbons (Fsp3) is 0.100. The summed E-state index contributed by atoms with van der Waals surface area (Å²) in [7, 11) is 1.68. The number of para-hydroxylation sites is 1. The summed E-state index contributed by atoms with van der Waals surface area (Å²) in [6.45, 7) is 0. The molecule has 36 heavy (non-hydrogen) atoms. The van der Waals surface area contributed by atoms with Crippen molar-refractivity contribution in [2.75, 3.05) is 12.1 Å². The zero-order valence-electron chi connectivity index (χ0n) is 19.7. The number of rotatable bonds is 5. The van der Waals surface area contributed by atoms with Crippen LogP contribution in [0.25, 0.3) is 22.2 Å². The van der Waals surface area contributed by atoms with Crippen LogP contribution in [-0.2, 0) is 0 Å². The monoisotopic (exact) mass is 490 g/mol. The Kier molecular flexibility index (Phi) is 5.84. The van der Waals surface area contributed by atoms with Crippen LogP contribution >= 0.6 is 11.6 Å². The van der Waals surface area contributed by atoms with Gasteiger partial charge in [0.1, 0.15) is 5.75 Å². The second kappa shape index (κ2) is 9.44. The van der Waals surface area contributed by atoms with E-state index in [4.69, 9.17) is 31.4 Å². The van der Waals surface area contributed by atoms with Crippen molar-refractivity contribution in [2.24, 2.45) is 5.10 Å². The molecule has 4 aromatic carbocycles. The summed E-state index contributed by atoms with van der Waals surface area (Å²) >= 11 is 6.17. The first-order valence-electron chi connectivity index (χ1n) is 11.8. The van der Waals surface area contributed by atoms with Crippen molar-refractivity contribution in [2.45, 2.75) is 12.5 Å². The van der Waals surface area contributed by atoms with E-state index in [-0.39, 0.29) is 6.04 Å². The fourth-order valence-electron chi connectivity index (χ4n) is 4.58. The highest BCUT2D eigenvalue weighted by molar-refractivity contribution is 6.30. The summed E-state index contributed by atoms with van der Waals surface area (Å²) in [4.78, 5) is 10.0. The van der Waals surface area contributed by atoms with Gasteiger partial charge in [-0.05, 0) is 41.5 Å². The summed E-state index contributed by atoms with van der Waals surface area (Å²) in [6.07, 6.45) is 0.739. The maximum absolute atomic E-state index is 6.17. The van der Waals surface area contributed by atoms with Gasteiger partial charge in [-0.25, -0.2) is 15.0 Å². The number of methoxy groups -OCH3 is 1. The summed E-state index contributed by atoms with van der Waals surface area (Å²) in [6, 6.07) is 34.2. The van der Waals surface area contributed by atoms with Gasteiger partial charge in [-0.2, -0.15) is 5.10 Å². The van der Waals surface area contributed by atoms with E-state index >= 15 is 0 Å². The molecule has 1 aliphatic rings. The summed E-state index contributed by atoms with van der Waals surface area (Å²) in [5.74, 6) is 1.38. The lowest BCUT2D eigenvalue weighted by atomic mass is 9.98. The molecule has 0 saturated carbocycles. The highest BCUT2D eigenvalue weighted by Crippen LogP contribution is 2.38. The Balaban J connectivity index is 1.51. The van der Waals surface area contributed by atoms with Crippen LogP contribution in [0.5, 0.6) is 5.75 Å². The number of hydrogen-bond acceptors (Lipinski definition) is 5. The molecule has 0 N–H and O–H groups in total. The summed E-state index contributed by atoms with van der Waals surface area (Å²) in [5.41, 5.74) is 5.91. The number of hydrazone groups is 1. The zero-order valence-corrected chi connectivity index (χ0v) is 20.4. The minimum Gasteiger partial charge on any atom is -0.497 e. The van der Waals surface area contributed by atoms with E-state index in [0.717, 1.165) is 51.2 Å². The molecule has 6 rings (SSSR count). The largest absolute Gasteiger partial charge is 0.497 e. The molecule has 0 fully saturated rings. The van der Waals surface area contributed by atoms with Gasteiger partial charge < -0.3 is 4.74 Å². The Morgan fingerprint density at radius 3 is 2.25 bits per heavy atom. The van der Waals surface area contributed by atoms with E-state index in [0.29, 0.717) is 11.0 Å². The van der Waals surface area contributed by atoms with Crippen LogP contribution in [0.2, 0.25) is 5.02 Å². The van der Waals surface area contributed by atoms with Crippen LogP contribution in [0.4, 0.5) is 5.95 Å². The molecular formula is C30H23ClN4O. The molecule has 0 saturated heterocycles. The van der Waals surface area contributed by atoms with Crippen molar-refractivity contribution >= 4 is 34.2 Å². The van der Waals surface area contributed by atoms with Crippen molar-refractivity contribution in [1.29, 1.82) is 0 Å². The van der Waals surface area contributed by atoms with Crippen molar-refractivity contribution in [3.63, 3.8) is 0 Å². The molecule has 2 heterocycles. The Bertz CT molecular complexity index is 1550. The lowest BCUT2D eigenvalue weighted by Crippen LogP contribution is -2.21. The zero-order chi connectivity index (χ0) is 24.5. The van der Waals surface area contributed by atoms with Crippen LogP contribution < -0.4 is 9.75 Å². The molecule has 5 nitrogen and oxygen atoms in total. The van der Waals surface area contributed by atoms with Crippen molar-refractivity contribution in [3.8, 4) is 17.0 Å². The van der Waals surface area contributed by atoms with Crippen molar-refractivity contribution in [1.82, 2.24) is 9.97 Å². The first-order valence-corrected chi connectivity index (χ1v) is 12.2. The minimum absolute atomic E-state index is 0.0506. The van der Waals surface area contributed by atoms with Crippen LogP contribution in [0.1, 0.15) is 23.6 Å². The van der Waals surface area contributed by atoms with Gasteiger partial charge in [-0.1, -0.05) is 84.4 Å². The van der Waals surface area contributed by atoms with Gasteiger partial charge in [0.05, 0.1) is 30.1 Å². The highest BCUT2D eigenvalue weighted by atomic mass is 35.5. The van der Waals surface area contributed by atoms with E-state index < -0.39 is 0 Å². The molecular weight excluding hydrogens is 468 g/mol. The highest BCUT2D eigenvalue weighted by Gasteiger charge is 2.32. The lowest BCUT2D eigenvalue weighted by Gasteiger charge is -2.23. The van der Waals surface area contributed by atoms with E-state index in [1.165, 1.54) is 0 Å². The normalized spacial score (nSPS) is 15.2. The summed E-state index contributed by atoms with van der Waals surface area (Å²) in [5, 5.41) is 8.68. The van der Waals surface area contributed by atoms with Gasteiger partial charge in [0.2, 0.25) is 5.95 Å².